The van der Waals surface area contributed by atoms with Crippen LogP contribution in [0.15, 0.2) is 57.9 Å². The maximum atomic E-state index is 12.3. The first-order chi connectivity index (χ1) is 11.3. The summed E-state index contributed by atoms with van der Waals surface area (Å²) in [4.78, 5) is 12.3. The number of halogens is 1. The molecule has 0 bridgehead atoms. The number of hydrogen-bond acceptors (Lipinski definition) is 4. The number of hydrogen-bond donors (Lipinski definition) is 2. The van der Waals surface area contributed by atoms with Gasteiger partial charge >= 0.3 is 0 Å². The Hall–Kier alpha value is -1.90. The van der Waals surface area contributed by atoms with E-state index in [1.807, 2.05) is 6.07 Å². The second-order valence-corrected chi connectivity index (χ2v) is 7.56. The van der Waals surface area contributed by atoms with Gasteiger partial charge in [-0.3, -0.25) is 4.79 Å². The molecule has 2 aromatic carbocycles. The molecule has 0 spiro atoms. The highest BCUT2D eigenvalue weighted by molar-refractivity contribution is 9.10. The molecule has 1 atom stereocenters. The smallest absolute Gasteiger partial charge is 0.242 e. The molecule has 2 aromatic rings. The van der Waals surface area contributed by atoms with Gasteiger partial charge in [-0.2, -0.15) is 4.72 Å². The van der Waals surface area contributed by atoms with E-state index in [9.17, 15) is 13.2 Å². The number of carbonyl (C=O) groups excluding carboxylic acids is 1. The molecule has 128 valence electrons. The Kier molecular flexibility index (Phi) is 5.98. The van der Waals surface area contributed by atoms with Gasteiger partial charge in [-0.15, -0.1) is 0 Å². The number of benzene rings is 2. The van der Waals surface area contributed by atoms with Gasteiger partial charge < -0.3 is 10.1 Å². The van der Waals surface area contributed by atoms with Crippen LogP contribution in [0.4, 0.5) is 5.69 Å². The lowest BCUT2D eigenvalue weighted by atomic mass is 10.3. The van der Waals surface area contributed by atoms with Crippen molar-refractivity contribution >= 4 is 37.5 Å². The summed E-state index contributed by atoms with van der Waals surface area (Å²) in [5.41, 5.74) is 0.568. The van der Waals surface area contributed by atoms with Gasteiger partial charge in [0.1, 0.15) is 5.75 Å². The fourth-order valence-electron chi connectivity index (χ4n) is 1.91. The molecular formula is C16H17BrN2O4S. The summed E-state index contributed by atoms with van der Waals surface area (Å²) in [5, 5.41) is 2.67. The topological polar surface area (TPSA) is 84.5 Å². The Morgan fingerprint density at radius 3 is 2.33 bits per heavy atom. The number of para-hydroxylation sites is 1. The molecule has 0 aliphatic carbocycles. The summed E-state index contributed by atoms with van der Waals surface area (Å²) >= 11 is 3.32. The summed E-state index contributed by atoms with van der Waals surface area (Å²) in [6.07, 6.45) is 0. The molecule has 0 saturated carbocycles. The third-order valence-electron chi connectivity index (χ3n) is 3.23. The molecule has 0 aliphatic rings. The largest absolute Gasteiger partial charge is 0.497 e. The van der Waals surface area contributed by atoms with E-state index < -0.39 is 22.0 Å². The first-order valence-electron chi connectivity index (χ1n) is 7.05. The molecule has 0 aromatic heterocycles. The number of anilines is 1. The SMILES string of the molecule is COc1ccc(S(=O)(=O)N[C@H](C)C(=O)Nc2ccccc2Br)cc1. The number of carbonyl (C=O) groups is 1. The van der Waals surface area contributed by atoms with Gasteiger partial charge in [0.2, 0.25) is 15.9 Å². The van der Waals surface area contributed by atoms with Crippen LogP contribution in [0.25, 0.3) is 0 Å². The van der Waals surface area contributed by atoms with Gasteiger partial charge in [0.25, 0.3) is 0 Å². The van der Waals surface area contributed by atoms with Crippen molar-refractivity contribution in [2.45, 2.75) is 17.9 Å². The van der Waals surface area contributed by atoms with Crippen LogP contribution in [0.5, 0.6) is 5.75 Å². The van der Waals surface area contributed by atoms with Crippen LogP contribution in [0.1, 0.15) is 6.92 Å². The first kappa shape index (κ1) is 18.4. The van der Waals surface area contributed by atoms with Gasteiger partial charge in [-0.1, -0.05) is 12.1 Å². The van der Waals surface area contributed by atoms with Crippen LogP contribution in [0, 0.1) is 0 Å². The molecule has 0 unspecified atom stereocenters. The van der Waals surface area contributed by atoms with Crippen molar-refractivity contribution in [2.75, 3.05) is 12.4 Å². The number of sulfonamides is 1. The predicted molar refractivity (Wildman–Crippen MR) is 95.5 cm³/mol. The quantitative estimate of drug-likeness (QED) is 0.763. The third kappa shape index (κ3) is 4.56. The Morgan fingerprint density at radius 1 is 1.12 bits per heavy atom. The number of rotatable bonds is 6. The maximum absolute atomic E-state index is 12.3. The van der Waals surface area contributed by atoms with E-state index in [0.717, 1.165) is 0 Å². The van der Waals surface area contributed by atoms with Gasteiger partial charge in [0.15, 0.2) is 0 Å². The average Bonchev–Trinajstić information content (AvgIpc) is 2.56. The van der Waals surface area contributed by atoms with E-state index in [0.29, 0.717) is 15.9 Å². The summed E-state index contributed by atoms with van der Waals surface area (Å²) in [6, 6.07) is 12.1. The monoisotopic (exact) mass is 412 g/mol. The highest BCUT2D eigenvalue weighted by Crippen LogP contribution is 2.21. The molecule has 2 rings (SSSR count). The van der Waals surface area contributed by atoms with Gasteiger partial charge in [0.05, 0.1) is 23.7 Å². The van der Waals surface area contributed by atoms with Crippen LogP contribution in [0.3, 0.4) is 0 Å². The zero-order valence-electron chi connectivity index (χ0n) is 13.1. The fraction of sp³-hybridized carbons (Fsp3) is 0.188. The van der Waals surface area contributed by atoms with Crippen LogP contribution >= 0.6 is 15.9 Å². The lowest BCUT2D eigenvalue weighted by Gasteiger charge is -2.15. The highest BCUT2D eigenvalue weighted by Gasteiger charge is 2.22. The molecular weight excluding hydrogens is 396 g/mol. The van der Waals surface area contributed by atoms with E-state index in [1.165, 1.54) is 26.2 Å². The summed E-state index contributed by atoms with van der Waals surface area (Å²) in [5.74, 6) is 0.0904. The van der Waals surface area contributed by atoms with Gasteiger partial charge in [-0.05, 0) is 59.3 Å². The Morgan fingerprint density at radius 2 is 1.75 bits per heavy atom. The average molecular weight is 413 g/mol. The summed E-state index contributed by atoms with van der Waals surface area (Å²) in [6.45, 7) is 1.48. The Bertz CT molecular complexity index is 822. The van der Waals surface area contributed by atoms with Crippen LogP contribution in [-0.2, 0) is 14.8 Å². The van der Waals surface area contributed by atoms with Crippen molar-refractivity contribution in [1.82, 2.24) is 4.72 Å². The third-order valence-corrected chi connectivity index (χ3v) is 5.47. The minimum Gasteiger partial charge on any atom is -0.497 e. The minimum atomic E-state index is -3.81. The summed E-state index contributed by atoms with van der Waals surface area (Å²) in [7, 11) is -2.31. The molecule has 0 fully saturated rings. The van der Waals surface area contributed by atoms with E-state index >= 15 is 0 Å². The molecule has 24 heavy (non-hydrogen) atoms. The predicted octanol–water partition coefficient (Wildman–Crippen LogP) is 2.76. The van der Waals surface area contributed by atoms with Crippen LogP contribution in [0.2, 0.25) is 0 Å². The fourth-order valence-corrected chi connectivity index (χ4v) is 3.50. The normalized spacial score (nSPS) is 12.5. The Labute approximate surface area is 149 Å². The first-order valence-corrected chi connectivity index (χ1v) is 9.33. The molecule has 0 heterocycles. The second-order valence-electron chi connectivity index (χ2n) is 4.99. The van der Waals surface area contributed by atoms with Crippen LogP contribution < -0.4 is 14.8 Å². The van der Waals surface area contributed by atoms with Gasteiger partial charge in [-0.25, -0.2) is 8.42 Å². The zero-order chi connectivity index (χ0) is 17.7. The standard InChI is InChI=1S/C16H17BrN2O4S/c1-11(16(20)18-15-6-4-3-5-14(15)17)19-24(21,22)13-9-7-12(23-2)8-10-13/h3-11,19H,1-2H3,(H,18,20)/t11-/m1/s1. The molecule has 0 radical (unpaired) electrons. The van der Waals surface area contributed by atoms with Crippen molar-refractivity contribution in [2.24, 2.45) is 0 Å². The van der Waals surface area contributed by atoms with Gasteiger partial charge in [0, 0.05) is 4.47 Å². The number of nitrogens with one attached hydrogen (secondary N) is 2. The molecule has 0 aliphatic heterocycles. The molecule has 0 saturated heterocycles. The van der Waals surface area contributed by atoms with Crippen molar-refractivity contribution in [3.05, 3.63) is 53.0 Å². The number of amides is 1. The Balaban J connectivity index is 2.08. The van der Waals surface area contributed by atoms with Crippen molar-refractivity contribution in [1.29, 1.82) is 0 Å². The van der Waals surface area contributed by atoms with E-state index in [1.54, 1.807) is 30.3 Å². The van der Waals surface area contributed by atoms with E-state index in [2.05, 4.69) is 26.0 Å². The van der Waals surface area contributed by atoms with Crippen molar-refractivity contribution < 1.29 is 17.9 Å². The maximum Gasteiger partial charge on any atom is 0.242 e. The number of methoxy groups -OCH3 is 1. The molecule has 1 amide bonds. The van der Waals surface area contributed by atoms with E-state index in [4.69, 9.17) is 4.74 Å². The minimum absolute atomic E-state index is 0.0591. The van der Waals surface area contributed by atoms with Crippen LogP contribution in [-0.4, -0.2) is 27.5 Å². The molecule has 2 N–H and O–H groups in total. The van der Waals surface area contributed by atoms with E-state index in [-0.39, 0.29) is 4.90 Å². The lowest BCUT2D eigenvalue weighted by Crippen LogP contribution is -2.41. The molecule has 6 nitrogen and oxygen atoms in total. The highest BCUT2D eigenvalue weighted by atomic mass is 79.9. The second kappa shape index (κ2) is 7.78. The van der Waals surface area contributed by atoms with Crippen molar-refractivity contribution in [3.63, 3.8) is 0 Å². The lowest BCUT2D eigenvalue weighted by molar-refractivity contribution is -0.117. The summed E-state index contributed by atoms with van der Waals surface area (Å²) < 4.78 is 32.7. The molecule has 8 heteroatoms. The van der Waals surface area contributed by atoms with Crippen molar-refractivity contribution in [3.8, 4) is 5.75 Å². The number of ether oxygens (including phenoxy) is 1. The zero-order valence-corrected chi connectivity index (χ0v) is 15.5.